The Labute approximate surface area is 107 Å². The van der Waals surface area contributed by atoms with Crippen LogP contribution in [-0.2, 0) is 4.79 Å². The Bertz CT molecular complexity index is 424. The molecular formula is C14H20N2O2. The van der Waals surface area contributed by atoms with Crippen molar-refractivity contribution >= 4 is 5.97 Å². The highest BCUT2D eigenvalue weighted by molar-refractivity contribution is 5.68. The van der Waals surface area contributed by atoms with Crippen molar-refractivity contribution in [1.29, 1.82) is 0 Å². The lowest BCUT2D eigenvalue weighted by Gasteiger charge is -2.44. The minimum atomic E-state index is -0.750. The van der Waals surface area contributed by atoms with Crippen molar-refractivity contribution in [2.75, 3.05) is 13.1 Å². The second kappa shape index (κ2) is 5.08. The predicted molar refractivity (Wildman–Crippen MR) is 70.6 cm³/mol. The summed E-state index contributed by atoms with van der Waals surface area (Å²) in [6.07, 6.45) is 0.163. The van der Waals surface area contributed by atoms with E-state index in [9.17, 15) is 4.79 Å². The van der Waals surface area contributed by atoms with Gasteiger partial charge in [0.15, 0.2) is 0 Å². The summed E-state index contributed by atoms with van der Waals surface area (Å²) in [5.74, 6) is -0.750. The van der Waals surface area contributed by atoms with Gasteiger partial charge in [0.05, 0.1) is 12.0 Å². The molecule has 1 aromatic carbocycles. The lowest BCUT2D eigenvalue weighted by molar-refractivity contribution is -0.139. The van der Waals surface area contributed by atoms with E-state index in [-0.39, 0.29) is 18.0 Å². The van der Waals surface area contributed by atoms with Crippen LogP contribution in [0.2, 0.25) is 0 Å². The average molecular weight is 248 g/mol. The molecule has 1 aliphatic rings. The van der Waals surface area contributed by atoms with Gasteiger partial charge in [-0.2, -0.15) is 0 Å². The molecule has 0 aromatic heterocycles. The Morgan fingerprint density at radius 2 is 2.06 bits per heavy atom. The number of rotatable bonds is 5. The minimum Gasteiger partial charge on any atom is -0.481 e. The number of aliphatic carboxylic acids is 1. The number of benzene rings is 1. The van der Waals surface area contributed by atoms with Gasteiger partial charge in [0, 0.05) is 19.1 Å². The summed E-state index contributed by atoms with van der Waals surface area (Å²) < 4.78 is 0. The minimum absolute atomic E-state index is 0.159. The van der Waals surface area contributed by atoms with E-state index in [2.05, 4.69) is 48.7 Å². The molecule has 0 bridgehead atoms. The van der Waals surface area contributed by atoms with Crippen LogP contribution in [0.5, 0.6) is 0 Å². The van der Waals surface area contributed by atoms with Gasteiger partial charge in [0.25, 0.3) is 0 Å². The molecule has 0 aliphatic carbocycles. The van der Waals surface area contributed by atoms with Crippen LogP contribution in [0.25, 0.3) is 0 Å². The molecule has 1 aromatic rings. The number of carboxylic acid groups (broad SMARTS) is 1. The molecule has 18 heavy (non-hydrogen) atoms. The normalized spacial score (nSPS) is 19.0. The van der Waals surface area contributed by atoms with E-state index in [1.807, 2.05) is 0 Å². The molecule has 0 saturated carbocycles. The Morgan fingerprint density at radius 1 is 1.44 bits per heavy atom. The summed E-state index contributed by atoms with van der Waals surface area (Å²) in [4.78, 5) is 10.9. The van der Waals surface area contributed by atoms with E-state index in [1.165, 1.54) is 11.1 Å². The van der Waals surface area contributed by atoms with Crippen LogP contribution in [0.3, 0.4) is 0 Å². The number of aryl methyl sites for hydroxylation is 1. The Kier molecular flexibility index (Phi) is 3.68. The molecule has 4 nitrogen and oxygen atoms in total. The molecule has 0 spiro atoms. The standard InChI is InChI=1S/C14H20N2O2/c1-10-3-5-12(6-4-10)11(2)16-14(7-13(17)18)8-15-9-14/h3-6,11,15-16H,7-9H2,1-2H3,(H,17,18)/t11-/m1/s1. The first kappa shape index (κ1) is 13.1. The van der Waals surface area contributed by atoms with E-state index in [4.69, 9.17) is 5.11 Å². The largest absolute Gasteiger partial charge is 0.481 e. The second-order valence-electron chi connectivity index (χ2n) is 5.23. The molecule has 98 valence electrons. The van der Waals surface area contributed by atoms with Crippen LogP contribution < -0.4 is 10.6 Å². The van der Waals surface area contributed by atoms with Gasteiger partial charge >= 0.3 is 5.97 Å². The van der Waals surface area contributed by atoms with E-state index >= 15 is 0 Å². The molecule has 1 saturated heterocycles. The van der Waals surface area contributed by atoms with Crippen molar-refractivity contribution in [3.63, 3.8) is 0 Å². The topological polar surface area (TPSA) is 61.4 Å². The molecular weight excluding hydrogens is 228 g/mol. The maximum atomic E-state index is 10.9. The molecule has 1 heterocycles. The molecule has 4 heteroatoms. The first-order valence-corrected chi connectivity index (χ1v) is 6.28. The summed E-state index contributed by atoms with van der Waals surface area (Å²) >= 11 is 0. The summed E-state index contributed by atoms with van der Waals surface area (Å²) in [6.45, 7) is 5.57. The lowest BCUT2D eigenvalue weighted by Crippen LogP contribution is -2.68. The van der Waals surface area contributed by atoms with Crippen molar-refractivity contribution in [2.24, 2.45) is 0 Å². The fourth-order valence-electron chi connectivity index (χ4n) is 2.39. The molecule has 0 amide bonds. The van der Waals surface area contributed by atoms with Gasteiger partial charge in [-0.05, 0) is 19.4 Å². The van der Waals surface area contributed by atoms with Gasteiger partial charge in [-0.15, -0.1) is 0 Å². The average Bonchev–Trinajstić information content (AvgIpc) is 2.26. The van der Waals surface area contributed by atoms with Gasteiger partial charge in [-0.1, -0.05) is 29.8 Å². The van der Waals surface area contributed by atoms with E-state index in [0.717, 1.165) is 13.1 Å². The first-order chi connectivity index (χ1) is 8.51. The summed E-state index contributed by atoms with van der Waals surface area (Å²) in [6, 6.07) is 8.50. The molecule has 1 atom stereocenters. The summed E-state index contributed by atoms with van der Waals surface area (Å²) in [5.41, 5.74) is 2.13. The highest BCUT2D eigenvalue weighted by Gasteiger charge is 2.39. The number of hydrogen-bond acceptors (Lipinski definition) is 3. The van der Waals surface area contributed by atoms with Gasteiger partial charge in [-0.25, -0.2) is 0 Å². The molecule has 2 rings (SSSR count). The molecule has 1 aliphatic heterocycles. The Hall–Kier alpha value is -1.39. The fourth-order valence-corrected chi connectivity index (χ4v) is 2.39. The van der Waals surface area contributed by atoms with Gasteiger partial charge in [-0.3, -0.25) is 4.79 Å². The maximum absolute atomic E-state index is 10.9. The van der Waals surface area contributed by atoms with Crippen LogP contribution >= 0.6 is 0 Å². The highest BCUT2D eigenvalue weighted by atomic mass is 16.4. The van der Waals surface area contributed by atoms with Crippen LogP contribution in [0.1, 0.15) is 30.5 Å². The monoisotopic (exact) mass is 248 g/mol. The summed E-state index contributed by atoms with van der Waals surface area (Å²) in [7, 11) is 0. The zero-order valence-electron chi connectivity index (χ0n) is 10.9. The smallest absolute Gasteiger partial charge is 0.305 e. The van der Waals surface area contributed by atoms with Crippen molar-refractivity contribution in [3.8, 4) is 0 Å². The quantitative estimate of drug-likeness (QED) is 0.738. The summed E-state index contributed by atoms with van der Waals surface area (Å²) in [5, 5.41) is 15.6. The molecule has 3 N–H and O–H groups in total. The second-order valence-corrected chi connectivity index (χ2v) is 5.23. The van der Waals surface area contributed by atoms with Crippen LogP contribution in [0, 0.1) is 6.92 Å². The third-order valence-corrected chi connectivity index (χ3v) is 3.52. The highest BCUT2D eigenvalue weighted by Crippen LogP contribution is 2.22. The van der Waals surface area contributed by atoms with Crippen molar-refractivity contribution in [1.82, 2.24) is 10.6 Å². The number of nitrogens with one attached hydrogen (secondary N) is 2. The van der Waals surface area contributed by atoms with Gasteiger partial charge in [0.2, 0.25) is 0 Å². The van der Waals surface area contributed by atoms with Crippen molar-refractivity contribution in [3.05, 3.63) is 35.4 Å². The number of carbonyl (C=O) groups is 1. The zero-order valence-corrected chi connectivity index (χ0v) is 10.9. The Morgan fingerprint density at radius 3 is 2.50 bits per heavy atom. The van der Waals surface area contributed by atoms with E-state index < -0.39 is 5.97 Å². The van der Waals surface area contributed by atoms with Crippen LogP contribution in [-0.4, -0.2) is 29.7 Å². The number of hydrogen-bond donors (Lipinski definition) is 3. The SMILES string of the molecule is Cc1ccc([C@@H](C)NC2(CC(=O)O)CNC2)cc1. The predicted octanol–water partition coefficient (Wildman–Crippen LogP) is 1.46. The third-order valence-electron chi connectivity index (χ3n) is 3.52. The van der Waals surface area contributed by atoms with Gasteiger partial charge in [0.1, 0.15) is 0 Å². The first-order valence-electron chi connectivity index (χ1n) is 6.28. The molecule has 1 fully saturated rings. The van der Waals surface area contributed by atoms with Crippen molar-refractivity contribution in [2.45, 2.75) is 31.8 Å². The maximum Gasteiger partial charge on any atom is 0.305 e. The zero-order chi connectivity index (χ0) is 13.2. The van der Waals surface area contributed by atoms with E-state index in [1.54, 1.807) is 0 Å². The molecule has 0 unspecified atom stereocenters. The molecule has 0 radical (unpaired) electrons. The van der Waals surface area contributed by atoms with Crippen LogP contribution in [0.4, 0.5) is 0 Å². The Balaban J connectivity index is 2.03. The third kappa shape index (κ3) is 2.89. The lowest BCUT2D eigenvalue weighted by atomic mass is 9.87. The van der Waals surface area contributed by atoms with E-state index in [0.29, 0.717) is 0 Å². The fraction of sp³-hybridized carbons (Fsp3) is 0.500. The number of carboxylic acids is 1. The van der Waals surface area contributed by atoms with Crippen LogP contribution in [0.15, 0.2) is 24.3 Å². The van der Waals surface area contributed by atoms with Gasteiger partial charge < -0.3 is 15.7 Å². The van der Waals surface area contributed by atoms with Crippen molar-refractivity contribution < 1.29 is 9.90 Å².